The first-order valence-corrected chi connectivity index (χ1v) is 12.3. The summed E-state index contributed by atoms with van der Waals surface area (Å²) in [5.41, 5.74) is 4.17. The molecule has 6 heteroatoms. The molecule has 1 aliphatic rings. The summed E-state index contributed by atoms with van der Waals surface area (Å²) in [4.78, 5) is 19.8. The third-order valence-corrected chi connectivity index (χ3v) is 6.68. The first kappa shape index (κ1) is 23.0. The number of carbonyl (C=O) groups is 1. The van der Waals surface area contributed by atoms with Crippen molar-refractivity contribution < 1.29 is 14.3 Å². The number of anilines is 1. The standard InChI is InChI=1S/C29H31N3O3/c1-3-21-13-15-23(16-14-21)35-18-8-17-31-25-10-5-4-9-24(25)30-29(31)22-19-28(33)32(20-22)26-11-6-7-12-27(26)34-2/h4-7,9-16,22H,3,8,17-20H2,1-2H3. The predicted octanol–water partition coefficient (Wildman–Crippen LogP) is 5.60. The smallest absolute Gasteiger partial charge is 0.227 e. The summed E-state index contributed by atoms with van der Waals surface area (Å²) < 4.78 is 13.8. The van der Waals surface area contributed by atoms with E-state index in [1.54, 1.807) is 7.11 Å². The number of benzene rings is 3. The summed E-state index contributed by atoms with van der Waals surface area (Å²) in [6.07, 6.45) is 2.30. The van der Waals surface area contributed by atoms with Crippen molar-refractivity contribution in [3.63, 3.8) is 0 Å². The van der Waals surface area contributed by atoms with Crippen LogP contribution in [0, 0.1) is 0 Å². The monoisotopic (exact) mass is 469 g/mol. The summed E-state index contributed by atoms with van der Waals surface area (Å²) in [6.45, 7) is 4.13. The van der Waals surface area contributed by atoms with Crippen molar-refractivity contribution in [2.75, 3.05) is 25.2 Å². The fraction of sp³-hybridized carbons (Fsp3) is 0.310. The maximum absolute atomic E-state index is 13.0. The molecule has 1 atom stereocenters. The fourth-order valence-corrected chi connectivity index (χ4v) is 4.84. The van der Waals surface area contributed by atoms with Crippen LogP contribution >= 0.6 is 0 Å². The van der Waals surface area contributed by atoms with Crippen molar-refractivity contribution in [3.05, 3.63) is 84.2 Å². The van der Waals surface area contributed by atoms with Crippen molar-refractivity contribution in [1.82, 2.24) is 9.55 Å². The van der Waals surface area contributed by atoms with Gasteiger partial charge in [-0.2, -0.15) is 0 Å². The topological polar surface area (TPSA) is 56.6 Å². The highest BCUT2D eigenvalue weighted by Crippen LogP contribution is 2.37. The van der Waals surface area contributed by atoms with E-state index in [1.807, 2.05) is 59.5 Å². The number of nitrogens with zero attached hydrogens (tertiary/aromatic N) is 3. The number of carbonyl (C=O) groups excluding carboxylic acids is 1. The van der Waals surface area contributed by atoms with Gasteiger partial charge in [0.25, 0.3) is 0 Å². The first-order chi connectivity index (χ1) is 17.2. The molecular formula is C29H31N3O3. The Bertz CT molecular complexity index is 1310. The van der Waals surface area contributed by atoms with Crippen LogP contribution in [0.1, 0.15) is 37.1 Å². The largest absolute Gasteiger partial charge is 0.495 e. The minimum absolute atomic E-state index is 0.0160. The molecule has 1 aliphatic heterocycles. The number of ether oxygens (including phenoxy) is 2. The molecule has 1 aromatic heterocycles. The summed E-state index contributed by atoms with van der Waals surface area (Å²) >= 11 is 0. The van der Waals surface area contributed by atoms with Crippen LogP contribution in [-0.4, -0.2) is 35.7 Å². The van der Waals surface area contributed by atoms with Gasteiger partial charge in [0.1, 0.15) is 17.3 Å². The maximum Gasteiger partial charge on any atom is 0.227 e. The zero-order valence-corrected chi connectivity index (χ0v) is 20.3. The number of imidazole rings is 1. The van der Waals surface area contributed by atoms with Crippen molar-refractivity contribution in [1.29, 1.82) is 0 Å². The number of aromatic nitrogens is 2. The number of para-hydroxylation sites is 4. The number of aryl methyl sites for hydroxylation is 2. The Morgan fingerprint density at radius 1 is 1.00 bits per heavy atom. The normalized spacial score (nSPS) is 15.7. The van der Waals surface area contributed by atoms with Gasteiger partial charge < -0.3 is 18.9 Å². The van der Waals surface area contributed by atoms with Gasteiger partial charge in [-0.15, -0.1) is 0 Å². The first-order valence-electron chi connectivity index (χ1n) is 12.3. The van der Waals surface area contributed by atoms with Crippen LogP contribution in [0.4, 0.5) is 5.69 Å². The van der Waals surface area contributed by atoms with Crippen molar-refractivity contribution in [2.24, 2.45) is 0 Å². The number of hydrogen-bond donors (Lipinski definition) is 0. The van der Waals surface area contributed by atoms with Crippen LogP contribution in [0.5, 0.6) is 11.5 Å². The van der Waals surface area contributed by atoms with E-state index in [1.165, 1.54) is 5.56 Å². The van der Waals surface area contributed by atoms with Gasteiger partial charge in [0.05, 0.1) is 30.4 Å². The minimum atomic E-state index is 0.0160. The molecule has 35 heavy (non-hydrogen) atoms. The van der Waals surface area contributed by atoms with Gasteiger partial charge in [0, 0.05) is 25.4 Å². The van der Waals surface area contributed by atoms with E-state index in [0.717, 1.165) is 47.7 Å². The van der Waals surface area contributed by atoms with Gasteiger partial charge in [0.2, 0.25) is 5.91 Å². The van der Waals surface area contributed by atoms with Gasteiger partial charge in [-0.25, -0.2) is 4.98 Å². The molecule has 0 saturated carbocycles. The predicted molar refractivity (Wildman–Crippen MR) is 138 cm³/mol. The van der Waals surface area contributed by atoms with E-state index in [-0.39, 0.29) is 11.8 Å². The van der Waals surface area contributed by atoms with E-state index in [9.17, 15) is 4.79 Å². The molecule has 0 radical (unpaired) electrons. The third-order valence-electron chi connectivity index (χ3n) is 6.68. The summed E-state index contributed by atoms with van der Waals surface area (Å²) in [7, 11) is 1.64. The summed E-state index contributed by atoms with van der Waals surface area (Å²) in [5.74, 6) is 2.68. The zero-order valence-electron chi connectivity index (χ0n) is 20.3. The number of rotatable bonds is 9. The van der Waals surface area contributed by atoms with Crippen molar-refractivity contribution in [2.45, 2.75) is 38.6 Å². The van der Waals surface area contributed by atoms with Crippen LogP contribution in [0.15, 0.2) is 72.8 Å². The average molecular weight is 470 g/mol. The SMILES string of the molecule is CCc1ccc(OCCCn2c(C3CC(=O)N(c4ccccc4OC)C3)nc3ccccc32)cc1. The Hall–Kier alpha value is -3.80. The molecule has 3 aromatic carbocycles. The Morgan fingerprint density at radius 3 is 2.57 bits per heavy atom. The van der Waals surface area contributed by atoms with Gasteiger partial charge in [0.15, 0.2) is 0 Å². The second-order valence-corrected chi connectivity index (χ2v) is 8.89. The number of amides is 1. The zero-order chi connectivity index (χ0) is 24.2. The molecule has 5 rings (SSSR count). The Kier molecular flexibility index (Phi) is 6.70. The summed E-state index contributed by atoms with van der Waals surface area (Å²) in [6, 6.07) is 24.2. The van der Waals surface area contributed by atoms with Crippen molar-refractivity contribution in [3.8, 4) is 11.5 Å². The highest BCUT2D eigenvalue weighted by molar-refractivity contribution is 5.97. The Balaban J connectivity index is 1.33. The van der Waals surface area contributed by atoms with Crippen LogP contribution < -0.4 is 14.4 Å². The number of methoxy groups -OCH3 is 1. The molecule has 6 nitrogen and oxygen atoms in total. The molecule has 1 saturated heterocycles. The highest BCUT2D eigenvalue weighted by Gasteiger charge is 2.35. The van der Waals surface area contributed by atoms with Gasteiger partial charge in [-0.3, -0.25) is 4.79 Å². The molecule has 0 aliphatic carbocycles. The highest BCUT2D eigenvalue weighted by atomic mass is 16.5. The lowest BCUT2D eigenvalue weighted by molar-refractivity contribution is -0.117. The number of fused-ring (bicyclic) bond motifs is 1. The Morgan fingerprint density at radius 2 is 1.77 bits per heavy atom. The molecule has 0 spiro atoms. The molecule has 0 N–H and O–H groups in total. The van der Waals surface area contributed by atoms with E-state index >= 15 is 0 Å². The van der Waals surface area contributed by atoms with Crippen LogP contribution in [-0.2, 0) is 17.8 Å². The van der Waals surface area contributed by atoms with Crippen LogP contribution in [0.3, 0.4) is 0 Å². The van der Waals surface area contributed by atoms with Crippen LogP contribution in [0.2, 0.25) is 0 Å². The molecule has 0 bridgehead atoms. The number of hydrogen-bond acceptors (Lipinski definition) is 4. The van der Waals surface area contributed by atoms with Crippen LogP contribution in [0.25, 0.3) is 11.0 Å². The second-order valence-electron chi connectivity index (χ2n) is 8.89. The Labute approximate surface area is 206 Å². The van der Waals surface area contributed by atoms with E-state index in [2.05, 4.69) is 29.7 Å². The molecule has 1 fully saturated rings. The average Bonchev–Trinajstić information content (AvgIpc) is 3.47. The minimum Gasteiger partial charge on any atom is -0.495 e. The lowest BCUT2D eigenvalue weighted by atomic mass is 10.1. The molecule has 2 heterocycles. The fourth-order valence-electron chi connectivity index (χ4n) is 4.84. The lowest BCUT2D eigenvalue weighted by Gasteiger charge is -2.19. The molecule has 1 amide bonds. The lowest BCUT2D eigenvalue weighted by Crippen LogP contribution is -2.25. The van der Waals surface area contributed by atoms with Gasteiger partial charge >= 0.3 is 0 Å². The molecule has 4 aromatic rings. The second kappa shape index (κ2) is 10.2. The summed E-state index contributed by atoms with van der Waals surface area (Å²) in [5, 5.41) is 0. The molecule has 1 unspecified atom stereocenters. The van der Waals surface area contributed by atoms with Crippen molar-refractivity contribution >= 4 is 22.6 Å². The van der Waals surface area contributed by atoms with E-state index < -0.39 is 0 Å². The quantitative estimate of drug-likeness (QED) is 0.300. The molecular weight excluding hydrogens is 438 g/mol. The van der Waals surface area contributed by atoms with E-state index in [0.29, 0.717) is 25.3 Å². The van der Waals surface area contributed by atoms with E-state index in [4.69, 9.17) is 14.5 Å². The van der Waals surface area contributed by atoms with Gasteiger partial charge in [-0.1, -0.05) is 43.3 Å². The van der Waals surface area contributed by atoms with Gasteiger partial charge in [-0.05, 0) is 54.8 Å². The maximum atomic E-state index is 13.0. The third kappa shape index (κ3) is 4.74. The molecule has 180 valence electrons.